The molecule has 2 bridgehead atoms. The molecule has 4 saturated heterocycles. The standard InChI is InChI=1S/C35H47BrN4O8/c1-4-6-12-26(42)37-23(3)29(24-10-8-7-9-11-24)47-34(45)27-28-32(43)40(16-19-41)31(35(28)22-25(36)30(27)48-35)33(44)39(13-5-2)15-14-38-17-20-46-21-18-38/h4-5,7-11,23,25,27-31,41H,1-2,6,12-22H2,3H3,(H,37,42)/t23-,25?,27-,28+,29-,30-,31-,35+/m1/s1. The molecule has 1 aromatic rings. The van der Waals surface area contributed by atoms with Crippen molar-refractivity contribution in [2.45, 2.75) is 60.9 Å². The number of amides is 3. The Morgan fingerprint density at radius 3 is 2.58 bits per heavy atom. The molecule has 1 spiro atoms. The lowest BCUT2D eigenvalue weighted by atomic mass is 9.70. The van der Waals surface area contributed by atoms with E-state index >= 15 is 0 Å². The van der Waals surface area contributed by atoms with Crippen molar-refractivity contribution in [1.82, 2.24) is 20.0 Å². The number of carbonyl (C=O) groups is 4. The van der Waals surface area contributed by atoms with Gasteiger partial charge in [-0.25, -0.2) is 0 Å². The van der Waals surface area contributed by atoms with Crippen molar-refractivity contribution in [3.05, 3.63) is 61.2 Å². The maximum absolute atomic E-state index is 14.5. The average molecular weight is 732 g/mol. The largest absolute Gasteiger partial charge is 0.455 e. The van der Waals surface area contributed by atoms with Crippen molar-refractivity contribution in [1.29, 1.82) is 0 Å². The third-order valence-electron chi connectivity index (χ3n) is 9.88. The number of alkyl halides is 1. The number of nitrogens with one attached hydrogen (secondary N) is 1. The van der Waals surface area contributed by atoms with Crippen LogP contribution in [0.4, 0.5) is 0 Å². The summed E-state index contributed by atoms with van der Waals surface area (Å²) in [7, 11) is 0. The molecule has 13 heteroatoms. The highest BCUT2D eigenvalue weighted by Gasteiger charge is 2.77. The number of β-amino-alcohol motifs (C(OH)–C–C–N with tert-alkyl or cyclic N) is 1. The molecule has 0 aromatic heterocycles. The summed E-state index contributed by atoms with van der Waals surface area (Å²) in [5.74, 6) is -3.56. The minimum Gasteiger partial charge on any atom is -0.455 e. The van der Waals surface area contributed by atoms with E-state index in [2.05, 4.69) is 39.3 Å². The SMILES string of the molecule is C=CCCC(=O)N[C@H](C)[C@@H](OC(=O)[C@H]1[C@@H]2O[C@@]3(CC2Br)[C@@H]1C(=O)N(CCO)[C@@H]3C(=O)N(CC=C)CCN1CCOCC1)c1ccccc1. The molecule has 4 aliphatic rings. The van der Waals surface area contributed by atoms with Crippen LogP contribution in [0.15, 0.2) is 55.6 Å². The zero-order valence-corrected chi connectivity index (χ0v) is 29.1. The van der Waals surface area contributed by atoms with Gasteiger partial charge in [-0.1, -0.05) is 58.4 Å². The highest BCUT2D eigenvalue weighted by atomic mass is 79.9. The fraction of sp³-hybridized carbons (Fsp3) is 0.600. The van der Waals surface area contributed by atoms with Crippen LogP contribution >= 0.6 is 15.9 Å². The predicted octanol–water partition coefficient (Wildman–Crippen LogP) is 1.83. The van der Waals surface area contributed by atoms with Gasteiger partial charge in [0.1, 0.15) is 17.7 Å². The van der Waals surface area contributed by atoms with Crippen LogP contribution < -0.4 is 5.32 Å². The van der Waals surface area contributed by atoms with Gasteiger partial charge in [0.05, 0.1) is 43.8 Å². The number of ether oxygens (including phenoxy) is 3. The lowest BCUT2D eigenvalue weighted by Gasteiger charge is -2.37. The van der Waals surface area contributed by atoms with Crippen LogP contribution in [0.1, 0.15) is 37.9 Å². The quantitative estimate of drug-likeness (QED) is 0.148. The van der Waals surface area contributed by atoms with E-state index in [1.54, 1.807) is 24.0 Å². The summed E-state index contributed by atoms with van der Waals surface area (Å²) in [4.78, 5) is 60.6. The summed E-state index contributed by atoms with van der Waals surface area (Å²) in [6.45, 7) is 13.0. The normalized spacial score (nSPS) is 29.2. The molecular weight excluding hydrogens is 684 g/mol. The number of likely N-dealkylation sites (tertiary alicyclic amines) is 1. The Hall–Kier alpha value is -3.10. The molecule has 48 heavy (non-hydrogen) atoms. The number of morpholine rings is 1. The van der Waals surface area contributed by atoms with E-state index in [1.807, 2.05) is 30.3 Å². The highest BCUT2D eigenvalue weighted by Crippen LogP contribution is 2.60. The van der Waals surface area contributed by atoms with Crippen molar-refractivity contribution < 1.29 is 38.5 Å². The predicted molar refractivity (Wildman–Crippen MR) is 181 cm³/mol. The first-order valence-electron chi connectivity index (χ1n) is 16.8. The first-order chi connectivity index (χ1) is 23.2. The third kappa shape index (κ3) is 7.25. The minimum absolute atomic E-state index is 0.0813. The number of allylic oxidation sites excluding steroid dienone is 1. The number of fused-ring (bicyclic) bond motifs is 1. The van der Waals surface area contributed by atoms with Crippen LogP contribution in [-0.2, 0) is 33.4 Å². The van der Waals surface area contributed by atoms with Crippen molar-refractivity contribution in [3.8, 4) is 0 Å². The molecule has 1 unspecified atom stereocenters. The fourth-order valence-electron chi connectivity index (χ4n) is 7.67. The van der Waals surface area contributed by atoms with E-state index in [-0.39, 0.29) is 42.8 Å². The van der Waals surface area contributed by atoms with Gasteiger partial charge in [-0.3, -0.25) is 24.1 Å². The number of aliphatic hydroxyl groups is 1. The molecule has 0 saturated carbocycles. The van der Waals surface area contributed by atoms with Gasteiger partial charge < -0.3 is 34.4 Å². The summed E-state index contributed by atoms with van der Waals surface area (Å²) >= 11 is 3.70. The molecule has 12 nitrogen and oxygen atoms in total. The molecule has 4 fully saturated rings. The number of halogens is 1. The monoisotopic (exact) mass is 730 g/mol. The summed E-state index contributed by atoms with van der Waals surface area (Å²) in [5.41, 5.74) is -0.610. The second-order valence-electron chi connectivity index (χ2n) is 12.9. The smallest absolute Gasteiger partial charge is 0.313 e. The number of benzene rings is 1. The van der Waals surface area contributed by atoms with Crippen molar-refractivity contribution in [2.75, 3.05) is 59.1 Å². The molecule has 3 amide bonds. The van der Waals surface area contributed by atoms with E-state index in [4.69, 9.17) is 14.2 Å². The van der Waals surface area contributed by atoms with Gasteiger partial charge in [-0.05, 0) is 25.3 Å². The van der Waals surface area contributed by atoms with Crippen LogP contribution in [0.25, 0.3) is 0 Å². The Kier molecular flexibility index (Phi) is 12.1. The molecule has 4 aliphatic heterocycles. The lowest BCUT2D eigenvalue weighted by molar-refractivity contribution is -0.162. The van der Waals surface area contributed by atoms with Gasteiger partial charge in [0, 0.05) is 50.5 Å². The first-order valence-corrected chi connectivity index (χ1v) is 17.7. The molecule has 4 heterocycles. The Morgan fingerprint density at radius 1 is 1.19 bits per heavy atom. The van der Waals surface area contributed by atoms with E-state index in [1.165, 1.54) is 4.90 Å². The number of nitrogens with zero attached hydrogens (tertiary/aromatic N) is 3. The van der Waals surface area contributed by atoms with Crippen LogP contribution in [0.5, 0.6) is 0 Å². The van der Waals surface area contributed by atoms with Gasteiger partial charge in [0.15, 0.2) is 0 Å². The molecule has 5 rings (SSSR count). The lowest BCUT2D eigenvalue weighted by Crippen LogP contribution is -2.58. The summed E-state index contributed by atoms with van der Waals surface area (Å²) < 4.78 is 18.3. The zero-order chi connectivity index (χ0) is 34.4. The Morgan fingerprint density at radius 2 is 1.92 bits per heavy atom. The summed E-state index contributed by atoms with van der Waals surface area (Å²) in [5, 5.41) is 12.9. The summed E-state index contributed by atoms with van der Waals surface area (Å²) in [6, 6.07) is 7.51. The zero-order valence-electron chi connectivity index (χ0n) is 27.5. The van der Waals surface area contributed by atoms with Gasteiger partial charge in [0.2, 0.25) is 17.7 Å². The molecule has 2 N–H and O–H groups in total. The maximum Gasteiger partial charge on any atom is 0.313 e. The topological polar surface area (TPSA) is 138 Å². The van der Waals surface area contributed by atoms with E-state index < -0.39 is 53.6 Å². The first kappa shape index (κ1) is 36.2. The van der Waals surface area contributed by atoms with Gasteiger partial charge in [-0.2, -0.15) is 0 Å². The number of rotatable bonds is 16. The molecule has 262 valence electrons. The molecule has 0 radical (unpaired) electrons. The highest BCUT2D eigenvalue weighted by molar-refractivity contribution is 9.09. The van der Waals surface area contributed by atoms with Crippen LogP contribution in [0.2, 0.25) is 0 Å². The number of carbonyl (C=O) groups excluding carboxylic acids is 4. The molecule has 1 aromatic carbocycles. The second-order valence-corrected chi connectivity index (χ2v) is 14.1. The Bertz CT molecular complexity index is 1340. The number of aliphatic hydroxyl groups excluding tert-OH is 1. The van der Waals surface area contributed by atoms with E-state index in [0.717, 1.165) is 13.1 Å². The van der Waals surface area contributed by atoms with Gasteiger partial charge >= 0.3 is 5.97 Å². The molecule has 0 aliphatic carbocycles. The maximum atomic E-state index is 14.5. The summed E-state index contributed by atoms with van der Waals surface area (Å²) in [6.07, 6.45) is 2.85. The third-order valence-corrected chi connectivity index (χ3v) is 10.7. The average Bonchev–Trinajstić information content (AvgIpc) is 3.68. The van der Waals surface area contributed by atoms with Gasteiger partial charge in [0.25, 0.3) is 0 Å². The number of hydrogen-bond acceptors (Lipinski definition) is 9. The van der Waals surface area contributed by atoms with Crippen molar-refractivity contribution >= 4 is 39.6 Å². The minimum atomic E-state index is -1.29. The van der Waals surface area contributed by atoms with Gasteiger partial charge in [-0.15, -0.1) is 13.2 Å². The van der Waals surface area contributed by atoms with Crippen molar-refractivity contribution in [2.24, 2.45) is 11.8 Å². The number of esters is 1. The molecular formula is C35H47BrN4O8. The van der Waals surface area contributed by atoms with Crippen LogP contribution in [-0.4, -0.2) is 131 Å². The van der Waals surface area contributed by atoms with E-state index in [0.29, 0.717) is 44.7 Å². The van der Waals surface area contributed by atoms with E-state index in [9.17, 15) is 24.3 Å². The van der Waals surface area contributed by atoms with Crippen LogP contribution in [0.3, 0.4) is 0 Å². The van der Waals surface area contributed by atoms with Crippen LogP contribution in [0, 0.1) is 11.8 Å². The Balaban J connectivity index is 1.41. The molecule has 8 atom stereocenters. The second kappa shape index (κ2) is 16.1. The number of hydrogen-bond donors (Lipinski definition) is 2. The fourth-order valence-corrected chi connectivity index (χ4v) is 8.62. The Labute approximate surface area is 290 Å². The van der Waals surface area contributed by atoms with Crippen molar-refractivity contribution in [3.63, 3.8) is 0 Å².